The largest absolute Gasteiger partial charge is 0.488 e. The molecule has 16 nitrogen and oxygen atoms in total. The molecule has 3 aliphatic heterocycles. The van der Waals surface area contributed by atoms with Crippen LogP contribution in [0.4, 0.5) is 9.59 Å². The highest BCUT2D eigenvalue weighted by Crippen LogP contribution is 2.56. The number of carbonyl (C=O) groups is 4. The van der Waals surface area contributed by atoms with Gasteiger partial charge in [-0.1, -0.05) is 32.0 Å². The number of piperidine rings is 1. The first-order chi connectivity index (χ1) is 29.4. The number of rotatable bonds is 10. The number of alkyl carbamates (subject to hydrolysis) is 2. The van der Waals surface area contributed by atoms with E-state index in [-0.39, 0.29) is 35.9 Å². The van der Waals surface area contributed by atoms with Crippen LogP contribution in [0, 0.1) is 17.8 Å². The monoisotopic (exact) mass is 832 g/mol. The Morgan fingerprint density at radius 1 is 0.885 bits per heavy atom. The molecule has 8 atom stereocenters. The molecule has 0 bridgehead atoms. The molecule has 3 aromatic carbocycles. The number of imidazole rings is 2. The Kier molecular flexibility index (Phi) is 10.4. The second kappa shape index (κ2) is 15.7. The number of nitrogens with one attached hydrogen (secondary N) is 4. The first kappa shape index (κ1) is 40.3. The van der Waals surface area contributed by atoms with E-state index < -0.39 is 30.4 Å². The van der Waals surface area contributed by atoms with Crippen molar-refractivity contribution >= 4 is 45.8 Å². The number of aromatic amines is 2. The first-order valence-corrected chi connectivity index (χ1v) is 21.0. The Morgan fingerprint density at radius 2 is 1.66 bits per heavy atom. The molecular formula is C45H52N8O8. The van der Waals surface area contributed by atoms with Crippen molar-refractivity contribution in [3.8, 4) is 28.1 Å². The molecule has 61 heavy (non-hydrogen) atoms. The van der Waals surface area contributed by atoms with Crippen molar-refractivity contribution < 1.29 is 38.1 Å². The van der Waals surface area contributed by atoms with E-state index >= 15 is 0 Å². The van der Waals surface area contributed by atoms with E-state index in [9.17, 15) is 19.2 Å². The molecule has 2 aromatic heterocycles. The van der Waals surface area contributed by atoms with Crippen LogP contribution in [0.25, 0.3) is 44.2 Å². The highest BCUT2D eigenvalue weighted by Gasteiger charge is 2.56. The third kappa shape index (κ3) is 7.09. The minimum Gasteiger partial charge on any atom is -0.488 e. The second-order valence-corrected chi connectivity index (χ2v) is 17.2. The Bertz CT molecular complexity index is 2550. The number of amides is 4. The molecule has 9 rings (SSSR count). The van der Waals surface area contributed by atoms with Gasteiger partial charge in [0.15, 0.2) is 0 Å². The Hall–Kier alpha value is -6.16. The van der Waals surface area contributed by atoms with Crippen LogP contribution < -0.4 is 15.4 Å². The maximum atomic E-state index is 14.0. The summed E-state index contributed by atoms with van der Waals surface area (Å²) in [5.41, 5.74) is 6.56. The van der Waals surface area contributed by atoms with E-state index in [2.05, 4.69) is 57.0 Å². The lowest BCUT2D eigenvalue weighted by atomic mass is 9.92. The van der Waals surface area contributed by atoms with Gasteiger partial charge in [-0.15, -0.1) is 0 Å². The van der Waals surface area contributed by atoms with Crippen LogP contribution >= 0.6 is 0 Å². The van der Waals surface area contributed by atoms with E-state index in [1.54, 1.807) is 6.92 Å². The topological polar surface area (TPSA) is 193 Å². The standard InChI is InChI=1S/C45H52N8O8/c1-21(2)36(50-44(56)59-6)43(55)53-22(3)8-13-34(53)40-47-32-12-10-24-15-31-28-11-9-25(14-27(28)20-61-35(31)17-29(24)38(32)49-40)33-18-46-41(48-33)39-30-16-26(30)19-52(39)42(54)37(23(4)58-5)51-45(57)60-7/h9-12,14-15,17-18,21-23,26,30,34,36-37,39H,8,13,16,19-20H2,1-7H3,(H,46,48)(H,47,49)(H,50,56)(H,51,57)/t22-,23+,26+,30+,34-,36-,37?,39?/m0/s1. The van der Waals surface area contributed by atoms with Crippen LogP contribution in [0.1, 0.15) is 76.3 Å². The molecule has 3 fully saturated rings. The number of ether oxygens (including phenoxy) is 4. The summed E-state index contributed by atoms with van der Waals surface area (Å²) in [6, 6.07) is 12.5. The number of methoxy groups -OCH3 is 3. The summed E-state index contributed by atoms with van der Waals surface area (Å²) < 4.78 is 21.5. The number of benzene rings is 3. The summed E-state index contributed by atoms with van der Waals surface area (Å²) in [6.07, 6.45) is 2.51. The highest BCUT2D eigenvalue weighted by molar-refractivity contribution is 6.07. The highest BCUT2D eigenvalue weighted by atomic mass is 16.5. The molecule has 4 amide bonds. The zero-order valence-electron chi connectivity index (χ0n) is 35.4. The maximum absolute atomic E-state index is 14.0. The smallest absolute Gasteiger partial charge is 0.407 e. The van der Waals surface area contributed by atoms with Crippen LogP contribution in [0.5, 0.6) is 5.75 Å². The van der Waals surface area contributed by atoms with E-state index in [4.69, 9.17) is 28.9 Å². The predicted molar refractivity (Wildman–Crippen MR) is 225 cm³/mol. The van der Waals surface area contributed by atoms with Crippen LogP contribution in [0.3, 0.4) is 0 Å². The van der Waals surface area contributed by atoms with Crippen molar-refractivity contribution in [2.24, 2.45) is 17.8 Å². The Morgan fingerprint density at radius 3 is 2.39 bits per heavy atom. The normalized spacial score (nSPS) is 22.9. The number of hydrogen-bond acceptors (Lipinski definition) is 10. The van der Waals surface area contributed by atoms with Crippen molar-refractivity contribution in [1.82, 2.24) is 40.4 Å². The molecule has 16 heteroatoms. The van der Waals surface area contributed by atoms with Gasteiger partial charge in [-0.2, -0.15) is 0 Å². The van der Waals surface area contributed by atoms with Gasteiger partial charge in [0, 0.05) is 30.6 Å². The van der Waals surface area contributed by atoms with E-state index in [0.29, 0.717) is 36.6 Å². The molecule has 0 spiro atoms. The van der Waals surface area contributed by atoms with Gasteiger partial charge in [0.25, 0.3) is 0 Å². The lowest BCUT2D eigenvalue weighted by Crippen LogP contribution is -2.54. The number of aromatic nitrogens is 4. The molecular weight excluding hydrogens is 781 g/mol. The Labute approximate surface area is 353 Å². The number of hydrogen-bond donors (Lipinski definition) is 4. The van der Waals surface area contributed by atoms with Crippen molar-refractivity contribution in [2.75, 3.05) is 27.9 Å². The van der Waals surface area contributed by atoms with Crippen LogP contribution in [0.2, 0.25) is 0 Å². The van der Waals surface area contributed by atoms with E-state index in [0.717, 1.165) is 74.8 Å². The van der Waals surface area contributed by atoms with Gasteiger partial charge in [0.05, 0.1) is 55.3 Å². The third-order valence-corrected chi connectivity index (χ3v) is 13.2. The minimum atomic E-state index is -0.902. The SMILES string of the molecule is COC(=O)NC(C(=O)N1C[C@H]2C[C@H]2C1c1ncc(-c2ccc3c(c2)COc2cc4c(ccc5[nH]c([C@@H]6CC[C@H](C)N6C(=O)[C@@H](NC(=O)OC)C(C)C)nc54)cc2-3)[nH]1)[C@@H](C)OC. The summed E-state index contributed by atoms with van der Waals surface area (Å²) in [6.45, 7) is 8.56. The first-order valence-electron chi connectivity index (χ1n) is 21.0. The number of carbonyl (C=O) groups excluding carboxylic acids is 4. The Balaban J connectivity index is 0.968. The van der Waals surface area contributed by atoms with Gasteiger partial charge in [-0.05, 0) is 97.2 Å². The fourth-order valence-corrected chi connectivity index (χ4v) is 9.67. The number of fused-ring (bicyclic) bond motifs is 7. The van der Waals surface area contributed by atoms with Gasteiger partial charge in [-0.25, -0.2) is 19.6 Å². The van der Waals surface area contributed by atoms with Gasteiger partial charge in [0.2, 0.25) is 11.8 Å². The van der Waals surface area contributed by atoms with Crippen LogP contribution in [0.15, 0.2) is 48.7 Å². The van der Waals surface area contributed by atoms with E-state index in [1.165, 1.54) is 21.3 Å². The summed E-state index contributed by atoms with van der Waals surface area (Å²) >= 11 is 0. The fraction of sp³-hybridized carbons (Fsp3) is 0.467. The van der Waals surface area contributed by atoms with Crippen molar-refractivity contribution in [1.29, 1.82) is 0 Å². The van der Waals surface area contributed by atoms with Crippen LogP contribution in [-0.2, 0) is 30.4 Å². The molecule has 2 saturated heterocycles. The fourth-order valence-electron chi connectivity index (χ4n) is 9.67. The molecule has 2 unspecified atom stereocenters. The zero-order chi connectivity index (χ0) is 42.9. The van der Waals surface area contributed by atoms with Gasteiger partial charge >= 0.3 is 12.2 Å². The molecule has 1 saturated carbocycles. The number of nitrogens with zero attached hydrogens (tertiary/aromatic N) is 4. The molecule has 5 aromatic rings. The number of likely N-dealkylation sites (tertiary alicyclic amines) is 2. The summed E-state index contributed by atoms with van der Waals surface area (Å²) in [5, 5.41) is 7.35. The summed E-state index contributed by atoms with van der Waals surface area (Å²) in [4.78, 5) is 72.8. The molecule has 4 aliphatic rings. The summed E-state index contributed by atoms with van der Waals surface area (Å²) in [7, 11) is 4.07. The lowest BCUT2D eigenvalue weighted by molar-refractivity contribution is -0.138. The second-order valence-electron chi connectivity index (χ2n) is 17.2. The average Bonchev–Trinajstić information content (AvgIpc) is 3.70. The molecule has 1 aliphatic carbocycles. The predicted octanol–water partition coefficient (Wildman–Crippen LogP) is 6.38. The summed E-state index contributed by atoms with van der Waals surface area (Å²) in [5.74, 6) is 2.35. The van der Waals surface area contributed by atoms with Gasteiger partial charge in [-0.3, -0.25) is 9.59 Å². The quantitative estimate of drug-likeness (QED) is 0.123. The minimum absolute atomic E-state index is 0.0279. The zero-order valence-corrected chi connectivity index (χ0v) is 35.4. The molecule has 0 radical (unpaired) electrons. The van der Waals surface area contributed by atoms with Crippen molar-refractivity contribution in [2.45, 2.75) is 89.9 Å². The number of H-pyrrole nitrogens is 2. The van der Waals surface area contributed by atoms with Gasteiger partial charge in [0.1, 0.15) is 36.1 Å². The van der Waals surface area contributed by atoms with Gasteiger partial charge < -0.3 is 49.3 Å². The molecule has 5 heterocycles. The molecule has 4 N–H and O–H groups in total. The van der Waals surface area contributed by atoms with Crippen molar-refractivity contribution in [3.05, 3.63) is 65.9 Å². The lowest BCUT2D eigenvalue weighted by Gasteiger charge is -2.32. The van der Waals surface area contributed by atoms with E-state index in [1.807, 2.05) is 42.8 Å². The molecule has 320 valence electrons. The average molecular weight is 833 g/mol. The van der Waals surface area contributed by atoms with Crippen molar-refractivity contribution in [3.63, 3.8) is 0 Å². The maximum Gasteiger partial charge on any atom is 0.407 e. The third-order valence-electron chi connectivity index (χ3n) is 13.2. The van der Waals surface area contributed by atoms with Crippen LogP contribution in [-0.4, -0.2) is 106 Å².